The van der Waals surface area contributed by atoms with E-state index in [1.54, 1.807) is 36.4 Å². The maximum Gasteiger partial charge on any atom is 0.397 e. The molecule has 0 heterocycles. The lowest BCUT2D eigenvalue weighted by Crippen LogP contribution is -2.27. The van der Waals surface area contributed by atoms with Crippen LogP contribution in [0.2, 0.25) is 0 Å². The maximum absolute atomic E-state index is 12.7. The number of ether oxygens (including phenoxy) is 3. The lowest BCUT2D eigenvalue weighted by atomic mass is 9.91. The first-order valence-electron chi connectivity index (χ1n) is 10.8. The molecule has 0 aromatic heterocycles. The Morgan fingerprint density at radius 3 is 2.26 bits per heavy atom. The van der Waals surface area contributed by atoms with Crippen molar-refractivity contribution in [1.82, 2.24) is 0 Å². The van der Waals surface area contributed by atoms with E-state index < -0.39 is 23.3 Å². The number of thioether (sulfide) groups is 1. The van der Waals surface area contributed by atoms with Crippen LogP contribution in [0.25, 0.3) is 0 Å². The zero-order valence-corrected chi connectivity index (χ0v) is 21.2. The van der Waals surface area contributed by atoms with Crippen molar-refractivity contribution in [3.63, 3.8) is 0 Å². The first kappa shape index (κ1) is 28.4. The summed E-state index contributed by atoms with van der Waals surface area (Å²) in [5.41, 5.74) is 1.20. The second-order valence-electron chi connectivity index (χ2n) is 8.80. The summed E-state index contributed by atoms with van der Waals surface area (Å²) in [5, 5.41) is 3.04. The second-order valence-corrected chi connectivity index (χ2v) is 9.78. The molecule has 2 aromatic carbocycles. The summed E-state index contributed by atoms with van der Waals surface area (Å²) in [7, 11) is 2.75. The maximum atomic E-state index is 12.7. The van der Waals surface area contributed by atoms with Crippen molar-refractivity contribution in [1.29, 1.82) is 0 Å². The molecule has 0 spiro atoms. The number of anilines is 1. The van der Waals surface area contributed by atoms with Crippen molar-refractivity contribution in [2.24, 2.45) is 5.41 Å². The third-order valence-electron chi connectivity index (χ3n) is 4.90. The van der Waals surface area contributed by atoms with Crippen LogP contribution < -0.4 is 14.8 Å². The minimum atomic E-state index is -4.30. The number of Topliss-reactive ketones (excluding diaryl/α,β-unsaturated/α-hetero) is 1. The van der Waals surface area contributed by atoms with Crippen LogP contribution in [0.4, 0.5) is 18.9 Å². The topological polar surface area (TPSA) is 73.9 Å². The number of hydrogen-bond donors (Lipinski definition) is 1. The predicted molar refractivity (Wildman–Crippen MR) is 130 cm³/mol. The molecule has 0 unspecified atom stereocenters. The Hall–Kier alpha value is -2.88. The average Bonchev–Trinajstić information content (AvgIpc) is 2.77. The van der Waals surface area contributed by atoms with E-state index >= 15 is 0 Å². The minimum absolute atomic E-state index is 0.00187. The predicted octanol–water partition coefficient (Wildman–Crippen LogP) is 6.03. The molecule has 2 aromatic rings. The summed E-state index contributed by atoms with van der Waals surface area (Å²) in [6.07, 6.45) is -4.28. The summed E-state index contributed by atoms with van der Waals surface area (Å²) < 4.78 is 54.3. The summed E-state index contributed by atoms with van der Waals surface area (Å²) in [4.78, 5) is 23.9. The molecule has 35 heavy (non-hydrogen) atoms. The molecule has 0 aliphatic carbocycles. The van der Waals surface area contributed by atoms with Crippen LogP contribution in [0.3, 0.4) is 0 Å². The van der Waals surface area contributed by atoms with E-state index in [2.05, 4.69) is 5.32 Å². The highest BCUT2D eigenvalue weighted by Crippen LogP contribution is 2.37. The quantitative estimate of drug-likeness (QED) is 0.368. The van der Waals surface area contributed by atoms with E-state index in [4.69, 9.17) is 14.2 Å². The van der Waals surface area contributed by atoms with Gasteiger partial charge in [0.15, 0.2) is 17.3 Å². The van der Waals surface area contributed by atoms with E-state index in [0.717, 1.165) is 0 Å². The van der Waals surface area contributed by atoms with Crippen LogP contribution in [0.5, 0.6) is 17.2 Å². The average molecular weight is 514 g/mol. The van der Waals surface area contributed by atoms with Crippen LogP contribution in [-0.4, -0.2) is 44.4 Å². The number of alkyl halides is 3. The molecule has 2 rings (SSSR count). The number of hydrogen-bond acceptors (Lipinski definition) is 7. The van der Waals surface area contributed by atoms with Crippen molar-refractivity contribution >= 4 is 29.2 Å². The number of carbonyl (C=O) groups excluding carboxylic acids is 2. The van der Waals surface area contributed by atoms with Gasteiger partial charge in [0.05, 0.1) is 32.9 Å². The zero-order valence-electron chi connectivity index (χ0n) is 20.4. The summed E-state index contributed by atoms with van der Waals surface area (Å²) in [5.74, 6) is -0.374. The summed E-state index contributed by atoms with van der Waals surface area (Å²) in [6.45, 7) is 5.53. The van der Waals surface area contributed by atoms with E-state index in [-0.39, 0.29) is 24.5 Å². The Morgan fingerprint density at radius 2 is 1.66 bits per heavy atom. The molecule has 0 saturated carbocycles. The van der Waals surface area contributed by atoms with Gasteiger partial charge in [-0.1, -0.05) is 26.8 Å². The summed E-state index contributed by atoms with van der Waals surface area (Å²) >= 11 is 0.708. The first-order chi connectivity index (χ1) is 16.3. The van der Waals surface area contributed by atoms with Gasteiger partial charge < -0.3 is 19.5 Å². The van der Waals surface area contributed by atoms with Gasteiger partial charge in [-0.3, -0.25) is 9.59 Å². The molecule has 0 atom stereocenters. The fourth-order valence-corrected chi connectivity index (χ4v) is 3.67. The smallest absolute Gasteiger partial charge is 0.397 e. The standard InChI is InChI=1S/C25H30F3NO5S/c1-24(2,3)22(30)13-29-18-7-9-19(17(12-18)14-35-15-25(26,27)28)34-21-10-16(11-23(31)33-5)6-8-20(21)32-4/h6-10,12,29H,11,13-15H2,1-5H3. The minimum Gasteiger partial charge on any atom is -0.493 e. The van der Waals surface area contributed by atoms with Gasteiger partial charge in [-0.25, -0.2) is 0 Å². The number of ketones is 1. The Balaban J connectivity index is 2.32. The summed E-state index contributed by atoms with van der Waals surface area (Å²) in [6, 6.07) is 9.94. The third-order valence-corrected chi connectivity index (χ3v) is 5.94. The van der Waals surface area contributed by atoms with Gasteiger partial charge in [0, 0.05) is 22.4 Å². The Bertz CT molecular complexity index is 1030. The van der Waals surface area contributed by atoms with Gasteiger partial charge >= 0.3 is 12.1 Å². The van der Waals surface area contributed by atoms with E-state index in [1.165, 1.54) is 14.2 Å². The van der Waals surface area contributed by atoms with E-state index in [9.17, 15) is 22.8 Å². The van der Waals surface area contributed by atoms with Crippen LogP contribution in [0.15, 0.2) is 36.4 Å². The van der Waals surface area contributed by atoms with E-state index in [0.29, 0.717) is 45.8 Å². The van der Waals surface area contributed by atoms with Crippen LogP contribution in [0, 0.1) is 5.41 Å². The molecule has 6 nitrogen and oxygen atoms in total. The molecule has 192 valence electrons. The lowest BCUT2D eigenvalue weighted by Gasteiger charge is -2.19. The van der Waals surface area contributed by atoms with Crippen molar-refractivity contribution in [2.75, 3.05) is 31.8 Å². The fraction of sp³-hybridized carbons (Fsp3) is 0.440. The second kappa shape index (κ2) is 12.2. The molecular formula is C25H30F3NO5S. The van der Waals surface area contributed by atoms with Crippen molar-refractivity contribution in [3.05, 3.63) is 47.5 Å². The van der Waals surface area contributed by atoms with Crippen molar-refractivity contribution < 1.29 is 37.0 Å². The first-order valence-corrected chi connectivity index (χ1v) is 11.9. The van der Waals surface area contributed by atoms with Crippen LogP contribution in [-0.2, 0) is 26.5 Å². The lowest BCUT2D eigenvalue weighted by molar-refractivity contribution is -0.139. The zero-order chi connectivity index (χ0) is 26.2. The van der Waals surface area contributed by atoms with Gasteiger partial charge in [-0.05, 0) is 35.9 Å². The fourth-order valence-electron chi connectivity index (χ4n) is 2.89. The van der Waals surface area contributed by atoms with Gasteiger partial charge in [0.25, 0.3) is 0 Å². The number of methoxy groups -OCH3 is 2. The molecule has 0 fully saturated rings. The highest BCUT2D eigenvalue weighted by molar-refractivity contribution is 7.98. The molecule has 10 heteroatoms. The van der Waals surface area contributed by atoms with Gasteiger partial charge in [-0.15, -0.1) is 11.8 Å². The Labute approximate surface area is 207 Å². The molecule has 1 N–H and O–H groups in total. The molecule has 0 saturated heterocycles. The normalized spacial score (nSPS) is 11.7. The van der Waals surface area contributed by atoms with Crippen molar-refractivity contribution in [2.45, 2.75) is 39.1 Å². The van der Waals surface area contributed by atoms with Gasteiger partial charge in [0.2, 0.25) is 0 Å². The molecule has 0 amide bonds. The number of esters is 1. The molecular weight excluding hydrogens is 483 g/mol. The molecule has 0 aliphatic heterocycles. The van der Waals surface area contributed by atoms with Gasteiger partial charge in [-0.2, -0.15) is 13.2 Å². The van der Waals surface area contributed by atoms with Crippen LogP contribution >= 0.6 is 11.8 Å². The molecule has 0 aliphatic rings. The number of carbonyl (C=O) groups is 2. The highest BCUT2D eigenvalue weighted by atomic mass is 32.2. The largest absolute Gasteiger partial charge is 0.493 e. The van der Waals surface area contributed by atoms with E-state index in [1.807, 2.05) is 20.8 Å². The monoisotopic (exact) mass is 513 g/mol. The SMILES string of the molecule is COC(=O)Cc1ccc(OC)c(Oc2ccc(NCC(=O)C(C)(C)C)cc2CSCC(F)(F)F)c1. The Morgan fingerprint density at radius 1 is 0.971 bits per heavy atom. The number of nitrogens with one attached hydrogen (secondary N) is 1. The Kier molecular flexibility index (Phi) is 9.88. The molecule has 0 radical (unpaired) electrons. The third kappa shape index (κ3) is 9.35. The number of rotatable bonds is 11. The molecule has 0 bridgehead atoms. The van der Waals surface area contributed by atoms with Crippen molar-refractivity contribution in [3.8, 4) is 17.2 Å². The van der Waals surface area contributed by atoms with Gasteiger partial charge in [0.1, 0.15) is 5.75 Å². The number of benzene rings is 2. The number of halogens is 3. The highest BCUT2D eigenvalue weighted by Gasteiger charge is 2.27. The van der Waals surface area contributed by atoms with Crippen LogP contribution in [0.1, 0.15) is 31.9 Å².